The van der Waals surface area contributed by atoms with Crippen LogP contribution in [0.3, 0.4) is 0 Å². The van der Waals surface area contributed by atoms with Crippen LogP contribution in [0.4, 0.5) is 5.69 Å². The molecule has 3 amide bonds. The molecular weight excluding hydrogens is 474 g/mol. The van der Waals surface area contributed by atoms with Gasteiger partial charge in [-0.05, 0) is 70.2 Å². The van der Waals surface area contributed by atoms with Crippen molar-refractivity contribution in [3.63, 3.8) is 0 Å². The first-order valence-corrected chi connectivity index (χ1v) is 13.8. The van der Waals surface area contributed by atoms with E-state index in [9.17, 15) is 19.5 Å². The van der Waals surface area contributed by atoms with Gasteiger partial charge in [0.05, 0.1) is 24.0 Å². The van der Waals surface area contributed by atoms with Crippen LogP contribution in [0.2, 0.25) is 0 Å². The molecule has 9 nitrogen and oxygen atoms in total. The number of carbonyl (C=O) groups excluding carboxylic acids is 3. The quantitative estimate of drug-likeness (QED) is 0.467. The summed E-state index contributed by atoms with van der Waals surface area (Å²) in [4.78, 5) is 42.9. The zero-order valence-electron chi connectivity index (χ0n) is 21.8. The number of fused-ring (bicyclic) bond motifs is 1. The van der Waals surface area contributed by atoms with Gasteiger partial charge in [-0.2, -0.15) is 0 Å². The van der Waals surface area contributed by atoms with Gasteiger partial charge in [0.1, 0.15) is 17.4 Å². The van der Waals surface area contributed by atoms with Crippen LogP contribution in [0.25, 0.3) is 0 Å². The minimum atomic E-state index is -1.04. The van der Waals surface area contributed by atoms with Crippen LogP contribution in [0.1, 0.15) is 65.2 Å². The van der Waals surface area contributed by atoms with Gasteiger partial charge in [-0.15, -0.1) is 0 Å². The number of aliphatic hydroxyl groups is 1. The fourth-order valence-electron chi connectivity index (χ4n) is 7.16. The number of amides is 3. The molecule has 3 N–H and O–H groups in total. The third kappa shape index (κ3) is 4.50. The van der Waals surface area contributed by atoms with Crippen LogP contribution >= 0.6 is 0 Å². The summed E-state index contributed by atoms with van der Waals surface area (Å²) in [6, 6.07) is 6.44. The van der Waals surface area contributed by atoms with Crippen LogP contribution in [-0.4, -0.2) is 70.8 Å². The van der Waals surface area contributed by atoms with Crippen LogP contribution in [0, 0.1) is 11.8 Å². The molecule has 1 aromatic carbocycles. The Hall–Kier alpha value is -2.65. The molecule has 4 aliphatic rings. The van der Waals surface area contributed by atoms with Crippen molar-refractivity contribution in [1.29, 1.82) is 0 Å². The molecule has 1 aromatic rings. The Labute approximate surface area is 218 Å². The highest BCUT2D eigenvalue weighted by Gasteiger charge is 2.77. The third-order valence-electron chi connectivity index (χ3n) is 8.75. The molecule has 0 aromatic heterocycles. The van der Waals surface area contributed by atoms with Gasteiger partial charge in [-0.25, -0.2) is 0 Å². The number of rotatable bonds is 9. The largest absolute Gasteiger partial charge is 0.494 e. The number of anilines is 1. The smallest absolute Gasteiger partial charge is 0.246 e. The number of hydrogen-bond acceptors (Lipinski definition) is 6. The van der Waals surface area contributed by atoms with E-state index in [-0.39, 0.29) is 36.9 Å². The molecule has 2 bridgehead atoms. The predicted octanol–water partition coefficient (Wildman–Crippen LogP) is 2.62. The molecule has 4 fully saturated rings. The Balaban J connectivity index is 1.41. The molecule has 3 saturated heterocycles. The lowest BCUT2D eigenvalue weighted by molar-refractivity contribution is -0.145. The number of nitrogens with one attached hydrogen (secondary N) is 2. The van der Waals surface area contributed by atoms with E-state index in [1.807, 2.05) is 13.8 Å². The molecule has 3 aliphatic heterocycles. The molecule has 3 heterocycles. The molecule has 37 heavy (non-hydrogen) atoms. The zero-order chi connectivity index (χ0) is 26.2. The molecule has 9 heteroatoms. The average Bonchev–Trinajstić information content (AvgIpc) is 3.45. The van der Waals surface area contributed by atoms with Crippen molar-refractivity contribution >= 4 is 23.4 Å². The Morgan fingerprint density at radius 2 is 1.86 bits per heavy atom. The van der Waals surface area contributed by atoms with Gasteiger partial charge in [-0.3, -0.25) is 14.4 Å². The van der Waals surface area contributed by atoms with Gasteiger partial charge in [0.2, 0.25) is 17.7 Å². The van der Waals surface area contributed by atoms with Crippen LogP contribution in [-0.2, 0) is 19.1 Å². The summed E-state index contributed by atoms with van der Waals surface area (Å²) in [5.74, 6) is -1.45. The summed E-state index contributed by atoms with van der Waals surface area (Å²) < 4.78 is 12.1. The lowest BCUT2D eigenvalue weighted by Gasteiger charge is -2.35. The molecule has 1 spiro atoms. The third-order valence-corrected chi connectivity index (χ3v) is 8.75. The van der Waals surface area contributed by atoms with Crippen molar-refractivity contribution in [2.75, 3.05) is 25.1 Å². The molecule has 0 radical (unpaired) electrons. The summed E-state index contributed by atoms with van der Waals surface area (Å²) in [6.45, 7) is 4.52. The van der Waals surface area contributed by atoms with E-state index >= 15 is 0 Å². The van der Waals surface area contributed by atoms with E-state index in [4.69, 9.17) is 9.47 Å². The van der Waals surface area contributed by atoms with E-state index in [1.165, 1.54) is 6.42 Å². The average molecular weight is 514 g/mol. The van der Waals surface area contributed by atoms with Crippen LogP contribution in [0.15, 0.2) is 24.3 Å². The summed E-state index contributed by atoms with van der Waals surface area (Å²) in [5.41, 5.74) is -1.26. The Morgan fingerprint density at radius 3 is 2.54 bits per heavy atom. The van der Waals surface area contributed by atoms with E-state index in [2.05, 4.69) is 10.6 Å². The molecule has 202 valence electrons. The monoisotopic (exact) mass is 513 g/mol. The van der Waals surface area contributed by atoms with Gasteiger partial charge in [0, 0.05) is 24.9 Å². The van der Waals surface area contributed by atoms with Crippen molar-refractivity contribution < 1.29 is 29.0 Å². The van der Waals surface area contributed by atoms with Crippen LogP contribution in [0.5, 0.6) is 5.75 Å². The minimum absolute atomic E-state index is 0.0847. The highest BCUT2D eigenvalue weighted by atomic mass is 16.5. The highest BCUT2D eigenvalue weighted by molar-refractivity contribution is 6.02. The van der Waals surface area contributed by atoms with E-state index in [0.717, 1.165) is 25.7 Å². The van der Waals surface area contributed by atoms with Gasteiger partial charge in [0.15, 0.2) is 0 Å². The highest BCUT2D eigenvalue weighted by Crippen LogP contribution is 2.63. The predicted molar refractivity (Wildman–Crippen MR) is 137 cm³/mol. The summed E-state index contributed by atoms with van der Waals surface area (Å²) >= 11 is 0. The number of likely N-dealkylation sites (tertiary alicyclic amines) is 1. The van der Waals surface area contributed by atoms with Crippen molar-refractivity contribution in [3.8, 4) is 5.75 Å². The van der Waals surface area contributed by atoms with Crippen LogP contribution < -0.4 is 15.4 Å². The van der Waals surface area contributed by atoms with Gasteiger partial charge in [-0.1, -0.05) is 19.3 Å². The number of aliphatic hydroxyl groups excluding tert-OH is 1. The summed E-state index contributed by atoms with van der Waals surface area (Å²) in [5, 5.41) is 15.7. The number of benzene rings is 1. The molecule has 2 unspecified atom stereocenters. The maximum Gasteiger partial charge on any atom is 0.246 e. The SMILES string of the molecule is CCOc1ccc(NC(=O)[C@H]2[C@H]3C(=O)N(CCCO)C(C(=O)NC4CCCCC4)C34CC[C@]2(C)O4)cc1. The number of carbonyl (C=O) groups is 3. The topological polar surface area (TPSA) is 117 Å². The summed E-state index contributed by atoms with van der Waals surface area (Å²) in [7, 11) is 0. The zero-order valence-corrected chi connectivity index (χ0v) is 21.8. The Kier molecular flexibility index (Phi) is 7.20. The first-order chi connectivity index (χ1) is 17.8. The molecule has 5 rings (SSSR count). The minimum Gasteiger partial charge on any atom is -0.494 e. The normalized spacial score (nSPS) is 32.9. The van der Waals surface area contributed by atoms with E-state index in [0.29, 0.717) is 37.3 Å². The molecular formula is C28H39N3O6. The second kappa shape index (κ2) is 10.3. The van der Waals surface area contributed by atoms with Gasteiger partial charge in [0.25, 0.3) is 0 Å². The lowest BCUT2D eigenvalue weighted by atomic mass is 9.66. The number of ether oxygens (including phenoxy) is 2. The maximum atomic E-state index is 13.9. The Bertz CT molecular complexity index is 1030. The van der Waals surface area contributed by atoms with E-state index < -0.39 is 29.1 Å². The standard InChI is InChI=1S/C28H39N3O6/c1-3-36-20-12-10-19(11-13-20)29-24(33)21-22-26(35)31(16-7-17-32)23(28(22)15-14-27(21,2)37-28)25(34)30-18-8-5-4-6-9-18/h10-13,18,21-23,32H,3-9,14-17H2,1-2H3,(H,29,33)(H,30,34)/t21-,22+,23?,27+,28?/m1/s1. The first kappa shape index (κ1) is 26.0. The van der Waals surface area contributed by atoms with E-state index in [1.54, 1.807) is 29.2 Å². The molecule has 5 atom stereocenters. The van der Waals surface area contributed by atoms with Crippen molar-refractivity contribution in [2.45, 2.75) is 88.5 Å². The molecule has 1 aliphatic carbocycles. The number of hydrogen-bond donors (Lipinski definition) is 3. The fourth-order valence-corrected chi connectivity index (χ4v) is 7.16. The fraction of sp³-hybridized carbons (Fsp3) is 0.679. The maximum absolute atomic E-state index is 13.9. The van der Waals surface area contributed by atoms with Crippen molar-refractivity contribution in [2.24, 2.45) is 11.8 Å². The van der Waals surface area contributed by atoms with Gasteiger partial charge < -0.3 is 30.1 Å². The van der Waals surface area contributed by atoms with Crippen molar-refractivity contribution in [3.05, 3.63) is 24.3 Å². The second-order valence-electron chi connectivity index (χ2n) is 11.1. The Morgan fingerprint density at radius 1 is 1.14 bits per heavy atom. The second-order valence-corrected chi connectivity index (χ2v) is 11.1. The first-order valence-electron chi connectivity index (χ1n) is 13.8. The van der Waals surface area contributed by atoms with Gasteiger partial charge >= 0.3 is 0 Å². The number of nitrogens with zero attached hydrogens (tertiary/aromatic N) is 1. The summed E-state index contributed by atoms with van der Waals surface area (Å²) in [6.07, 6.45) is 6.72. The lowest BCUT2D eigenvalue weighted by Crippen LogP contribution is -2.57. The van der Waals surface area contributed by atoms with Crippen molar-refractivity contribution in [1.82, 2.24) is 10.2 Å². The molecule has 1 saturated carbocycles.